The third-order valence-electron chi connectivity index (χ3n) is 6.88. The van der Waals surface area contributed by atoms with Crippen molar-refractivity contribution in [3.8, 4) is 0 Å². The number of fused-ring (bicyclic) bond motifs is 3. The third kappa shape index (κ3) is 4.57. The number of para-hydroxylation sites is 1. The maximum absolute atomic E-state index is 13.5. The van der Waals surface area contributed by atoms with Crippen LogP contribution in [0.25, 0.3) is 0 Å². The lowest BCUT2D eigenvalue weighted by Crippen LogP contribution is -2.54. The molecule has 0 spiro atoms. The Hall–Kier alpha value is -3.19. The fourth-order valence-electron chi connectivity index (χ4n) is 5.36. The number of hydrogen-bond acceptors (Lipinski definition) is 5. The molecule has 6 nitrogen and oxygen atoms in total. The van der Waals surface area contributed by atoms with E-state index in [4.69, 9.17) is 17.1 Å². The van der Waals surface area contributed by atoms with Crippen LogP contribution in [0.1, 0.15) is 53.0 Å². The van der Waals surface area contributed by atoms with Crippen molar-refractivity contribution in [3.63, 3.8) is 0 Å². The molecule has 7 heteroatoms. The minimum Gasteiger partial charge on any atom is -0.346 e. The normalized spacial score (nSPS) is 22.3. The minimum absolute atomic E-state index is 0.150. The highest BCUT2D eigenvalue weighted by molar-refractivity contribution is 7.71. The first kappa shape index (κ1) is 24.9. The highest BCUT2D eigenvalue weighted by atomic mass is 32.1. The molecule has 3 atom stereocenters. The number of anilines is 1. The zero-order chi connectivity index (χ0) is 25.3. The highest BCUT2D eigenvalue weighted by Gasteiger charge is 2.62. The van der Waals surface area contributed by atoms with Crippen LogP contribution in [-0.2, 0) is 15.0 Å². The van der Waals surface area contributed by atoms with Gasteiger partial charge in [0.25, 0.3) is 0 Å². The van der Waals surface area contributed by atoms with Gasteiger partial charge in [-0.25, -0.2) is 4.79 Å². The molecule has 0 saturated carbocycles. The number of likely N-dealkylation sites (tertiary alicyclic amines) is 1. The number of aromatic nitrogens is 1. The van der Waals surface area contributed by atoms with Gasteiger partial charge in [0.1, 0.15) is 16.8 Å². The van der Waals surface area contributed by atoms with Crippen molar-refractivity contribution in [1.82, 2.24) is 9.63 Å². The Morgan fingerprint density at radius 3 is 2.37 bits per heavy atom. The Kier molecular flexibility index (Phi) is 6.99. The second-order valence-electron chi connectivity index (χ2n) is 9.89. The molecule has 1 saturated heterocycles. The molecule has 0 radical (unpaired) electrons. The molecule has 2 aliphatic rings. The van der Waals surface area contributed by atoms with Crippen LogP contribution in [0.3, 0.4) is 0 Å². The van der Waals surface area contributed by atoms with Crippen LogP contribution in [-0.4, -0.2) is 40.3 Å². The van der Waals surface area contributed by atoms with Gasteiger partial charge in [-0.1, -0.05) is 59.8 Å². The van der Waals surface area contributed by atoms with Gasteiger partial charge in [-0.3, -0.25) is 4.79 Å². The molecule has 2 aromatic rings. The molecule has 0 N–H and O–H groups in total. The highest BCUT2D eigenvalue weighted by Crippen LogP contribution is 2.56. The van der Waals surface area contributed by atoms with E-state index in [-0.39, 0.29) is 12.1 Å². The number of rotatable bonds is 6. The van der Waals surface area contributed by atoms with Gasteiger partial charge in [-0.15, -0.1) is 0 Å². The molecular formula is C28H33N3O3S. The van der Waals surface area contributed by atoms with Crippen LogP contribution in [0.2, 0.25) is 0 Å². The maximum Gasteiger partial charge on any atom is 0.355 e. The van der Waals surface area contributed by atoms with Crippen molar-refractivity contribution in [2.24, 2.45) is 0 Å². The van der Waals surface area contributed by atoms with Crippen molar-refractivity contribution in [1.29, 1.82) is 0 Å². The van der Waals surface area contributed by atoms with E-state index in [1.54, 1.807) is 29.3 Å². The van der Waals surface area contributed by atoms with Gasteiger partial charge in [0.05, 0.1) is 0 Å². The fraction of sp³-hybridized carbons (Fsp3) is 0.393. The number of benzene rings is 1. The summed E-state index contributed by atoms with van der Waals surface area (Å²) in [5, 5.41) is 0. The van der Waals surface area contributed by atoms with Crippen LogP contribution in [0.4, 0.5) is 5.69 Å². The van der Waals surface area contributed by atoms with Crippen molar-refractivity contribution >= 4 is 29.8 Å². The summed E-state index contributed by atoms with van der Waals surface area (Å²) in [5.41, 5.74) is 4.25. The lowest BCUT2D eigenvalue weighted by molar-refractivity contribution is -0.154. The molecule has 184 valence electrons. The van der Waals surface area contributed by atoms with Gasteiger partial charge >= 0.3 is 5.97 Å². The average molecular weight is 492 g/mol. The van der Waals surface area contributed by atoms with Gasteiger partial charge < -0.3 is 14.6 Å². The van der Waals surface area contributed by atoms with E-state index in [2.05, 4.69) is 56.9 Å². The van der Waals surface area contributed by atoms with E-state index in [1.807, 2.05) is 12.1 Å². The zero-order valence-corrected chi connectivity index (χ0v) is 21.8. The predicted molar refractivity (Wildman–Crippen MR) is 141 cm³/mol. The summed E-state index contributed by atoms with van der Waals surface area (Å²) >= 11 is 5.31. The van der Waals surface area contributed by atoms with E-state index in [9.17, 15) is 9.59 Å². The molecule has 1 fully saturated rings. The first-order valence-corrected chi connectivity index (χ1v) is 12.4. The number of carbonyl (C=O) groups excluding carboxylic acids is 2. The van der Waals surface area contributed by atoms with Gasteiger partial charge in [-0.05, 0) is 64.3 Å². The van der Waals surface area contributed by atoms with E-state index < -0.39 is 17.4 Å². The van der Waals surface area contributed by atoms with E-state index in [0.717, 1.165) is 12.1 Å². The smallest absolute Gasteiger partial charge is 0.346 e. The van der Waals surface area contributed by atoms with Crippen molar-refractivity contribution < 1.29 is 14.4 Å². The van der Waals surface area contributed by atoms with Crippen LogP contribution in [0.5, 0.6) is 0 Å². The van der Waals surface area contributed by atoms with Gasteiger partial charge in [0, 0.05) is 30.8 Å². The number of pyridine rings is 1. The lowest BCUT2D eigenvalue weighted by Gasteiger charge is -2.38. The molecule has 35 heavy (non-hydrogen) atoms. The molecule has 2 aliphatic heterocycles. The lowest BCUT2D eigenvalue weighted by atomic mass is 9.75. The van der Waals surface area contributed by atoms with Crippen molar-refractivity contribution in [2.45, 2.75) is 65.1 Å². The second-order valence-corrected chi connectivity index (χ2v) is 10.3. The Balaban J connectivity index is 1.84. The predicted octanol–water partition coefficient (Wildman–Crippen LogP) is 5.20. The summed E-state index contributed by atoms with van der Waals surface area (Å²) in [6.07, 6.45) is 6.89. The molecule has 1 aromatic heterocycles. The molecule has 1 amide bonds. The number of carbonyl (C=O) groups is 2. The summed E-state index contributed by atoms with van der Waals surface area (Å²) < 4.78 is 1.69. The van der Waals surface area contributed by atoms with Crippen LogP contribution in [0.15, 0.2) is 72.0 Å². The molecule has 0 bridgehead atoms. The molecular weight excluding hydrogens is 458 g/mol. The summed E-state index contributed by atoms with van der Waals surface area (Å²) in [6.45, 7) is 10.5. The summed E-state index contributed by atoms with van der Waals surface area (Å²) in [5.74, 6) is -0.629. The van der Waals surface area contributed by atoms with E-state index in [1.165, 1.54) is 28.4 Å². The van der Waals surface area contributed by atoms with Crippen molar-refractivity contribution in [3.05, 3.63) is 82.2 Å². The third-order valence-corrected chi connectivity index (χ3v) is 7.20. The standard InChI is InChI=1S/C28H33N3O3S/c1-19(2)13-15-28-18-24(26(33)34-30-16-9-8-12-25(30)35)31(21(5)32)27(28)29(17-14-20(3)4)23-11-7-6-10-22(23)28/h6-14,16,24,27H,15,17-18H2,1-5H3/t24-,27+,28+/m0/s1. The minimum atomic E-state index is -0.729. The van der Waals surface area contributed by atoms with Gasteiger partial charge in [0.2, 0.25) is 5.91 Å². The maximum atomic E-state index is 13.5. The van der Waals surface area contributed by atoms with Crippen molar-refractivity contribution in [2.75, 3.05) is 11.4 Å². The Labute approximate surface area is 212 Å². The molecule has 4 rings (SSSR count). The SMILES string of the molecule is CC(=O)N1[C@H]2N(CC=C(C)C)c3ccccc3[C@@]2(CC=C(C)C)C[C@H]1C(=O)On1ccccc1=S. The van der Waals surface area contributed by atoms with Gasteiger partial charge in [-0.2, -0.15) is 4.73 Å². The number of nitrogens with zero attached hydrogens (tertiary/aromatic N) is 3. The molecule has 3 heterocycles. The summed E-state index contributed by atoms with van der Waals surface area (Å²) in [7, 11) is 0. The first-order chi connectivity index (χ1) is 16.7. The van der Waals surface area contributed by atoms with E-state index in [0.29, 0.717) is 17.6 Å². The molecule has 0 unspecified atom stereocenters. The summed E-state index contributed by atoms with van der Waals surface area (Å²) in [4.78, 5) is 36.4. The Morgan fingerprint density at radius 1 is 1.03 bits per heavy atom. The Morgan fingerprint density at radius 2 is 1.71 bits per heavy atom. The first-order valence-electron chi connectivity index (χ1n) is 12.0. The monoisotopic (exact) mass is 491 g/mol. The topological polar surface area (TPSA) is 54.8 Å². The molecule has 0 aliphatic carbocycles. The average Bonchev–Trinajstić information content (AvgIpc) is 3.28. The summed E-state index contributed by atoms with van der Waals surface area (Å²) in [6, 6.07) is 12.8. The largest absolute Gasteiger partial charge is 0.355 e. The molecule has 1 aromatic carbocycles. The fourth-order valence-corrected chi connectivity index (χ4v) is 5.54. The quantitative estimate of drug-likeness (QED) is 0.411. The van der Waals surface area contributed by atoms with Crippen LogP contribution in [0, 0.1) is 4.64 Å². The number of allylic oxidation sites excluding steroid dienone is 3. The number of amides is 1. The van der Waals surface area contributed by atoms with Crippen LogP contribution >= 0.6 is 12.2 Å². The zero-order valence-electron chi connectivity index (χ0n) is 21.0. The van der Waals surface area contributed by atoms with Crippen LogP contribution < -0.4 is 9.74 Å². The Bertz CT molecular complexity index is 1260. The second kappa shape index (κ2) is 9.82. The number of hydrogen-bond donors (Lipinski definition) is 0. The van der Waals surface area contributed by atoms with E-state index >= 15 is 0 Å². The van der Waals surface area contributed by atoms with Gasteiger partial charge in [0.15, 0.2) is 0 Å².